The van der Waals surface area contributed by atoms with Crippen molar-refractivity contribution in [2.45, 2.75) is 19.8 Å². The first-order chi connectivity index (χ1) is 7.08. The van der Waals surface area contributed by atoms with E-state index in [0.29, 0.717) is 13.0 Å². The third-order valence-electron chi connectivity index (χ3n) is 1.94. The fraction of sp³-hybridized carbons (Fsp3) is 0.364. The van der Waals surface area contributed by atoms with Crippen LogP contribution < -0.4 is 5.32 Å². The average molecular weight is 272 g/mol. The maximum atomic E-state index is 10.3. The molecular formula is C11H14BrNO2. The zero-order valence-electron chi connectivity index (χ0n) is 8.59. The summed E-state index contributed by atoms with van der Waals surface area (Å²) < 4.78 is 1.03. The number of carbonyl (C=O) groups is 1. The normalized spacial score (nSPS) is 10.0. The van der Waals surface area contributed by atoms with Gasteiger partial charge in [-0.3, -0.25) is 4.79 Å². The van der Waals surface area contributed by atoms with Crippen molar-refractivity contribution in [3.63, 3.8) is 0 Å². The molecule has 0 amide bonds. The number of nitrogens with one attached hydrogen (secondary N) is 1. The van der Waals surface area contributed by atoms with E-state index in [1.54, 1.807) is 0 Å². The van der Waals surface area contributed by atoms with E-state index >= 15 is 0 Å². The Bertz CT molecular complexity index is 332. The molecule has 0 heterocycles. The molecule has 0 aromatic heterocycles. The van der Waals surface area contributed by atoms with Gasteiger partial charge >= 0.3 is 5.97 Å². The zero-order valence-corrected chi connectivity index (χ0v) is 10.2. The van der Waals surface area contributed by atoms with Crippen molar-refractivity contribution in [1.82, 2.24) is 0 Å². The Morgan fingerprint density at radius 2 is 2.20 bits per heavy atom. The molecule has 4 heteroatoms. The number of rotatable bonds is 5. The van der Waals surface area contributed by atoms with Gasteiger partial charge in [0, 0.05) is 23.1 Å². The predicted molar refractivity (Wildman–Crippen MR) is 64.2 cm³/mol. The van der Waals surface area contributed by atoms with Gasteiger partial charge in [0.15, 0.2) is 0 Å². The Morgan fingerprint density at radius 3 is 2.80 bits per heavy atom. The van der Waals surface area contributed by atoms with Crippen LogP contribution in [0.3, 0.4) is 0 Å². The smallest absolute Gasteiger partial charge is 0.303 e. The highest BCUT2D eigenvalue weighted by Gasteiger charge is 1.98. The number of benzene rings is 1. The largest absolute Gasteiger partial charge is 0.481 e. The van der Waals surface area contributed by atoms with Crippen molar-refractivity contribution >= 4 is 27.6 Å². The van der Waals surface area contributed by atoms with Gasteiger partial charge in [-0.25, -0.2) is 0 Å². The van der Waals surface area contributed by atoms with E-state index in [1.807, 2.05) is 25.1 Å². The number of hydrogen-bond acceptors (Lipinski definition) is 2. The maximum absolute atomic E-state index is 10.3. The quantitative estimate of drug-likeness (QED) is 0.810. The molecule has 0 unspecified atom stereocenters. The molecule has 1 aromatic rings. The Morgan fingerprint density at radius 1 is 1.47 bits per heavy atom. The second-order valence-electron chi connectivity index (χ2n) is 3.44. The lowest BCUT2D eigenvalue weighted by molar-refractivity contribution is -0.137. The number of hydrogen-bond donors (Lipinski definition) is 2. The zero-order chi connectivity index (χ0) is 11.3. The molecule has 0 atom stereocenters. The lowest BCUT2D eigenvalue weighted by Gasteiger charge is -2.07. The molecule has 0 saturated carbocycles. The van der Waals surface area contributed by atoms with Crippen LogP contribution in [-0.4, -0.2) is 17.6 Å². The number of halogens is 1. The highest BCUT2D eigenvalue weighted by molar-refractivity contribution is 9.10. The van der Waals surface area contributed by atoms with Crippen LogP contribution >= 0.6 is 15.9 Å². The number of aliphatic carboxylic acids is 1. The van der Waals surface area contributed by atoms with E-state index in [-0.39, 0.29) is 6.42 Å². The molecule has 82 valence electrons. The summed E-state index contributed by atoms with van der Waals surface area (Å²) in [6.07, 6.45) is 0.848. The molecule has 0 bridgehead atoms. The van der Waals surface area contributed by atoms with E-state index in [0.717, 1.165) is 10.2 Å². The van der Waals surface area contributed by atoms with Crippen LogP contribution in [0.5, 0.6) is 0 Å². The Labute approximate surface area is 97.6 Å². The molecule has 0 aliphatic carbocycles. The fourth-order valence-electron chi connectivity index (χ4n) is 1.31. The van der Waals surface area contributed by atoms with Crippen molar-refractivity contribution < 1.29 is 9.90 Å². The summed E-state index contributed by atoms with van der Waals surface area (Å²) in [7, 11) is 0. The fourth-order valence-corrected chi connectivity index (χ4v) is 1.92. The molecule has 0 saturated heterocycles. The molecule has 1 rings (SSSR count). The summed E-state index contributed by atoms with van der Waals surface area (Å²) in [6.45, 7) is 2.70. The molecule has 2 N–H and O–H groups in total. The van der Waals surface area contributed by atoms with E-state index in [2.05, 4.69) is 21.2 Å². The van der Waals surface area contributed by atoms with Crippen LogP contribution in [0.15, 0.2) is 22.7 Å². The summed E-state index contributed by atoms with van der Waals surface area (Å²) in [6, 6.07) is 6.04. The molecule has 0 radical (unpaired) electrons. The van der Waals surface area contributed by atoms with E-state index in [9.17, 15) is 4.79 Å². The highest BCUT2D eigenvalue weighted by Crippen LogP contribution is 2.18. The number of anilines is 1. The van der Waals surface area contributed by atoms with Crippen molar-refractivity contribution in [3.05, 3.63) is 28.2 Å². The van der Waals surface area contributed by atoms with Gasteiger partial charge in [-0.2, -0.15) is 0 Å². The minimum absolute atomic E-state index is 0.208. The van der Waals surface area contributed by atoms with Gasteiger partial charge in [0.2, 0.25) is 0 Å². The van der Waals surface area contributed by atoms with Crippen LogP contribution in [0.2, 0.25) is 0 Å². The van der Waals surface area contributed by atoms with E-state index < -0.39 is 5.97 Å². The first-order valence-electron chi connectivity index (χ1n) is 4.81. The van der Waals surface area contributed by atoms with Crippen LogP contribution in [0, 0.1) is 6.92 Å². The van der Waals surface area contributed by atoms with Gasteiger partial charge in [-0.1, -0.05) is 15.9 Å². The second-order valence-corrected chi connectivity index (χ2v) is 4.36. The molecule has 0 aliphatic rings. The minimum atomic E-state index is -0.748. The number of carboxylic acid groups (broad SMARTS) is 1. The lowest BCUT2D eigenvalue weighted by atomic mass is 10.2. The maximum Gasteiger partial charge on any atom is 0.303 e. The predicted octanol–water partition coefficient (Wildman–Crippen LogP) is 3.03. The van der Waals surface area contributed by atoms with Gasteiger partial charge in [-0.15, -0.1) is 0 Å². The van der Waals surface area contributed by atoms with E-state index in [1.165, 1.54) is 5.56 Å². The number of carboxylic acids is 1. The van der Waals surface area contributed by atoms with Crippen LogP contribution in [0.1, 0.15) is 18.4 Å². The minimum Gasteiger partial charge on any atom is -0.481 e. The van der Waals surface area contributed by atoms with Gasteiger partial charge in [0.1, 0.15) is 0 Å². The van der Waals surface area contributed by atoms with Crippen molar-refractivity contribution in [1.29, 1.82) is 0 Å². The summed E-state index contributed by atoms with van der Waals surface area (Å²) in [5.74, 6) is -0.748. The Hall–Kier alpha value is -1.03. The van der Waals surface area contributed by atoms with Crippen molar-refractivity contribution in [3.8, 4) is 0 Å². The monoisotopic (exact) mass is 271 g/mol. The molecule has 1 aromatic carbocycles. The summed E-state index contributed by atoms with van der Waals surface area (Å²) in [5.41, 5.74) is 2.19. The molecular weight excluding hydrogens is 258 g/mol. The first kappa shape index (κ1) is 12.0. The molecule has 0 fully saturated rings. The van der Waals surface area contributed by atoms with Crippen LogP contribution in [-0.2, 0) is 4.79 Å². The highest BCUT2D eigenvalue weighted by atomic mass is 79.9. The molecule has 3 nitrogen and oxygen atoms in total. The number of aryl methyl sites for hydroxylation is 1. The third-order valence-corrected chi connectivity index (χ3v) is 2.40. The summed E-state index contributed by atoms with van der Waals surface area (Å²) in [5, 5.41) is 11.7. The molecule has 0 spiro atoms. The van der Waals surface area contributed by atoms with Crippen molar-refractivity contribution in [2.24, 2.45) is 0 Å². The van der Waals surface area contributed by atoms with E-state index in [4.69, 9.17) is 5.11 Å². The van der Waals surface area contributed by atoms with Crippen molar-refractivity contribution in [2.75, 3.05) is 11.9 Å². The third kappa shape index (κ3) is 4.83. The molecule has 15 heavy (non-hydrogen) atoms. The Kier molecular flexibility index (Phi) is 4.62. The average Bonchev–Trinajstić information content (AvgIpc) is 2.10. The van der Waals surface area contributed by atoms with Gasteiger partial charge in [-0.05, 0) is 37.1 Å². The first-order valence-corrected chi connectivity index (χ1v) is 5.60. The van der Waals surface area contributed by atoms with Gasteiger partial charge in [0.05, 0.1) is 0 Å². The topological polar surface area (TPSA) is 49.3 Å². The summed E-state index contributed by atoms with van der Waals surface area (Å²) in [4.78, 5) is 10.3. The molecule has 0 aliphatic heterocycles. The second kappa shape index (κ2) is 5.75. The Balaban J connectivity index is 2.40. The standard InChI is InChI=1S/C11H14BrNO2/c1-8-5-9(12)7-10(6-8)13-4-2-3-11(14)15/h5-7,13H,2-4H2,1H3,(H,14,15). The van der Waals surface area contributed by atoms with Crippen LogP contribution in [0.25, 0.3) is 0 Å². The summed E-state index contributed by atoms with van der Waals surface area (Å²) >= 11 is 3.41. The van der Waals surface area contributed by atoms with Crippen LogP contribution in [0.4, 0.5) is 5.69 Å². The lowest BCUT2D eigenvalue weighted by Crippen LogP contribution is -2.04. The van der Waals surface area contributed by atoms with Gasteiger partial charge < -0.3 is 10.4 Å². The van der Waals surface area contributed by atoms with Gasteiger partial charge in [0.25, 0.3) is 0 Å². The SMILES string of the molecule is Cc1cc(Br)cc(NCCCC(=O)O)c1.